The molecule has 0 fully saturated rings. The molecule has 0 saturated carbocycles. The summed E-state index contributed by atoms with van der Waals surface area (Å²) in [5, 5.41) is 4.67. The Bertz CT molecular complexity index is 374. The van der Waals surface area contributed by atoms with Crippen molar-refractivity contribution in [2.75, 3.05) is 5.75 Å². The molecule has 0 aliphatic rings. The summed E-state index contributed by atoms with van der Waals surface area (Å²) in [4.78, 5) is 12.0. The molecule has 0 unspecified atom stereocenters. The number of aromatic nitrogens is 2. The van der Waals surface area contributed by atoms with E-state index in [2.05, 4.69) is 34.9 Å². The summed E-state index contributed by atoms with van der Waals surface area (Å²) in [7, 11) is 0. The Morgan fingerprint density at radius 3 is 2.62 bits per heavy atom. The van der Waals surface area contributed by atoms with E-state index >= 15 is 0 Å². The molecule has 90 valence electrons. The van der Waals surface area contributed by atoms with Gasteiger partial charge in [-0.3, -0.25) is 9.48 Å². The second-order valence-electron chi connectivity index (χ2n) is 4.16. The molecule has 0 aliphatic heterocycles. The summed E-state index contributed by atoms with van der Waals surface area (Å²) in [5.41, 5.74) is 0.683. The summed E-state index contributed by atoms with van der Waals surface area (Å²) < 4.78 is 2.56. The van der Waals surface area contributed by atoms with Crippen LogP contribution in [-0.2, 0) is 0 Å². The number of Topliss-reactive ketones (excluding diaryl/α,β-unsaturated/α-hetero) is 1. The highest BCUT2D eigenvalue weighted by atomic mass is 79.9. The summed E-state index contributed by atoms with van der Waals surface area (Å²) in [6.45, 7) is 8.22. The third-order valence-corrected chi connectivity index (χ3v) is 3.73. The smallest absolute Gasteiger partial charge is 0.191 e. The van der Waals surface area contributed by atoms with E-state index in [1.54, 1.807) is 22.6 Å². The van der Waals surface area contributed by atoms with Crippen LogP contribution in [-0.4, -0.2) is 26.6 Å². The lowest BCUT2D eigenvalue weighted by Crippen LogP contribution is -2.15. The summed E-state index contributed by atoms with van der Waals surface area (Å²) in [5.74, 6) is 0.645. The van der Waals surface area contributed by atoms with E-state index in [-0.39, 0.29) is 11.8 Å². The van der Waals surface area contributed by atoms with Gasteiger partial charge in [-0.1, -0.05) is 13.8 Å². The van der Waals surface area contributed by atoms with E-state index < -0.39 is 0 Å². The number of ketones is 1. The highest BCUT2D eigenvalue weighted by Gasteiger charge is 2.18. The quantitative estimate of drug-likeness (QED) is 0.780. The number of thioether (sulfide) groups is 1. The fraction of sp³-hybridized carbons (Fsp3) is 0.636. The molecule has 1 aromatic rings. The molecule has 1 heterocycles. The van der Waals surface area contributed by atoms with Gasteiger partial charge in [0.2, 0.25) is 0 Å². The predicted molar refractivity (Wildman–Crippen MR) is 72.2 cm³/mol. The molecule has 0 N–H and O–H groups in total. The minimum Gasteiger partial charge on any atom is -0.291 e. The second-order valence-corrected chi connectivity index (χ2v) is 6.58. The van der Waals surface area contributed by atoms with Crippen molar-refractivity contribution in [3.05, 3.63) is 16.4 Å². The maximum absolute atomic E-state index is 12.0. The minimum atomic E-state index is 0.136. The van der Waals surface area contributed by atoms with Gasteiger partial charge in [-0.2, -0.15) is 16.9 Å². The van der Waals surface area contributed by atoms with Crippen molar-refractivity contribution < 1.29 is 4.79 Å². The van der Waals surface area contributed by atoms with E-state index in [1.807, 2.05) is 13.8 Å². The van der Waals surface area contributed by atoms with Crippen molar-refractivity contribution in [3.63, 3.8) is 0 Å². The van der Waals surface area contributed by atoms with Crippen LogP contribution in [0, 0.1) is 0 Å². The zero-order valence-corrected chi connectivity index (χ0v) is 12.4. The van der Waals surface area contributed by atoms with Crippen LogP contribution in [0.25, 0.3) is 0 Å². The van der Waals surface area contributed by atoms with Gasteiger partial charge in [0, 0.05) is 6.04 Å². The third-order valence-electron chi connectivity index (χ3n) is 2.05. The van der Waals surface area contributed by atoms with Gasteiger partial charge >= 0.3 is 0 Å². The van der Waals surface area contributed by atoms with E-state index in [0.717, 1.165) is 4.47 Å². The number of hydrogen-bond acceptors (Lipinski definition) is 3. The van der Waals surface area contributed by atoms with E-state index in [4.69, 9.17) is 0 Å². The van der Waals surface area contributed by atoms with Gasteiger partial charge in [0.15, 0.2) is 5.78 Å². The Morgan fingerprint density at radius 2 is 2.12 bits per heavy atom. The van der Waals surface area contributed by atoms with E-state index in [0.29, 0.717) is 16.7 Å². The highest BCUT2D eigenvalue weighted by molar-refractivity contribution is 9.10. The largest absolute Gasteiger partial charge is 0.291 e. The Labute approximate surface area is 109 Å². The summed E-state index contributed by atoms with van der Waals surface area (Å²) >= 11 is 5.03. The first-order valence-electron chi connectivity index (χ1n) is 5.31. The van der Waals surface area contributed by atoms with Crippen molar-refractivity contribution in [3.8, 4) is 0 Å². The maximum Gasteiger partial charge on any atom is 0.191 e. The van der Waals surface area contributed by atoms with Crippen molar-refractivity contribution in [2.45, 2.75) is 39.0 Å². The zero-order valence-electron chi connectivity index (χ0n) is 10.0. The van der Waals surface area contributed by atoms with Gasteiger partial charge < -0.3 is 0 Å². The van der Waals surface area contributed by atoms with E-state index in [1.165, 1.54) is 0 Å². The van der Waals surface area contributed by atoms with Crippen LogP contribution in [0.15, 0.2) is 10.7 Å². The van der Waals surface area contributed by atoms with E-state index in [9.17, 15) is 4.79 Å². The Balaban J connectivity index is 2.85. The Hall–Kier alpha value is -0.290. The fourth-order valence-electron chi connectivity index (χ4n) is 1.30. The molecule has 1 aromatic heterocycles. The fourth-order valence-corrected chi connectivity index (χ4v) is 2.42. The molecule has 1 rings (SSSR count). The first-order valence-corrected chi connectivity index (χ1v) is 7.15. The van der Waals surface area contributed by atoms with Crippen LogP contribution in [0.2, 0.25) is 0 Å². The van der Waals surface area contributed by atoms with Crippen LogP contribution >= 0.6 is 27.7 Å². The third kappa shape index (κ3) is 3.35. The van der Waals surface area contributed by atoms with Gasteiger partial charge in [0.1, 0.15) is 5.69 Å². The van der Waals surface area contributed by atoms with Gasteiger partial charge in [0.05, 0.1) is 16.4 Å². The predicted octanol–water partition coefficient (Wildman–Crippen LogP) is 3.55. The van der Waals surface area contributed by atoms with Gasteiger partial charge in [-0.25, -0.2) is 0 Å². The molecule has 3 nitrogen and oxygen atoms in total. The first kappa shape index (κ1) is 13.8. The average Bonchev–Trinajstić information content (AvgIpc) is 2.56. The maximum atomic E-state index is 12.0. The molecule has 0 bridgehead atoms. The number of carbonyl (C=O) groups is 1. The molecule has 0 radical (unpaired) electrons. The molecule has 5 heteroatoms. The van der Waals surface area contributed by atoms with Crippen molar-refractivity contribution in [1.29, 1.82) is 0 Å². The lowest BCUT2D eigenvalue weighted by molar-refractivity contribution is 0.101. The van der Waals surface area contributed by atoms with Crippen LogP contribution in [0.4, 0.5) is 0 Å². The van der Waals surface area contributed by atoms with Crippen LogP contribution in [0.5, 0.6) is 0 Å². The number of nitrogens with zero attached hydrogens (tertiary/aromatic N) is 2. The van der Waals surface area contributed by atoms with Crippen LogP contribution in [0.3, 0.4) is 0 Å². The first-order chi connectivity index (χ1) is 7.43. The van der Waals surface area contributed by atoms with Crippen molar-refractivity contribution >= 4 is 33.5 Å². The molecular weight excluding hydrogens is 288 g/mol. The Morgan fingerprint density at radius 1 is 1.50 bits per heavy atom. The molecular formula is C11H17BrN2OS. The van der Waals surface area contributed by atoms with Crippen molar-refractivity contribution in [1.82, 2.24) is 9.78 Å². The van der Waals surface area contributed by atoms with Crippen LogP contribution in [0.1, 0.15) is 44.2 Å². The van der Waals surface area contributed by atoms with Crippen LogP contribution < -0.4 is 0 Å². The summed E-state index contributed by atoms with van der Waals surface area (Å²) in [6, 6.07) is 0.203. The Kier molecular flexibility index (Phi) is 5.05. The molecule has 0 aliphatic carbocycles. The minimum absolute atomic E-state index is 0.136. The monoisotopic (exact) mass is 304 g/mol. The lowest BCUT2D eigenvalue weighted by Gasteiger charge is -2.11. The standard InChI is InChI=1S/C11H17BrN2OS/c1-7(2)14-11(9(12)5-13-14)10(15)6-16-8(3)4/h5,7-8H,6H2,1-4H3. The van der Waals surface area contributed by atoms with Crippen molar-refractivity contribution in [2.24, 2.45) is 0 Å². The second kappa shape index (κ2) is 5.87. The number of rotatable bonds is 5. The molecule has 0 saturated heterocycles. The SMILES string of the molecule is CC(C)SCC(=O)c1c(Br)cnn1C(C)C. The lowest BCUT2D eigenvalue weighted by atomic mass is 10.3. The zero-order chi connectivity index (χ0) is 12.3. The molecule has 16 heavy (non-hydrogen) atoms. The molecule has 0 atom stereocenters. The average molecular weight is 305 g/mol. The number of hydrogen-bond donors (Lipinski definition) is 0. The topological polar surface area (TPSA) is 34.9 Å². The molecule has 0 amide bonds. The summed E-state index contributed by atoms with van der Waals surface area (Å²) in [6.07, 6.45) is 1.69. The molecule has 0 aromatic carbocycles. The van der Waals surface area contributed by atoms with Gasteiger partial charge in [-0.15, -0.1) is 0 Å². The highest BCUT2D eigenvalue weighted by Crippen LogP contribution is 2.22. The molecule has 0 spiro atoms. The van der Waals surface area contributed by atoms with Gasteiger partial charge in [0.25, 0.3) is 0 Å². The normalized spacial score (nSPS) is 11.4. The van der Waals surface area contributed by atoms with Gasteiger partial charge in [-0.05, 0) is 35.0 Å². The number of halogens is 1. The number of carbonyl (C=O) groups excluding carboxylic acids is 1.